The highest BCUT2D eigenvalue weighted by atomic mass is 79.9. The lowest BCUT2D eigenvalue weighted by molar-refractivity contribution is -0.255. The van der Waals surface area contributed by atoms with Crippen LogP contribution in [-0.4, -0.2) is 11.0 Å². The average Bonchev–Trinajstić information content (AvgIpc) is 2.01. The molecule has 0 atom stereocenters. The van der Waals surface area contributed by atoms with Crippen molar-refractivity contribution in [3.63, 3.8) is 0 Å². The smallest absolute Gasteiger partial charge is 0.433 e. The van der Waals surface area contributed by atoms with Gasteiger partial charge in [-0.25, -0.2) is 4.98 Å². The summed E-state index contributed by atoms with van der Waals surface area (Å²) in [7, 11) is 0. The van der Waals surface area contributed by atoms with E-state index in [-0.39, 0.29) is 0 Å². The second-order valence-electron chi connectivity index (χ2n) is 2.32. The van der Waals surface area contributed by atoms with E-state index in [2.05, 4.69) is 20.9 Å². The molecule has 0 aromatic carbocycles. The summed E-state index contributed by atoms with van der Waals surface area (Å²) in [6, 6.07) is 1.37. The number of hydrogen-bond donors (Lipinski definition) is 0. The van der Waals surface area contributed by atoms with Gasteiger partial charge in [-0.1, -0.05) is 0 Å². The zero-order valence-corrected chi connectivity index (χ0v) is 8.02. The van der Waals surface area contributed by atoms with E-state index in [9.17, 15) is 23.1 Å². The van der Waals surface area contributed by atoms with Crippen molar-refractivity contribution in [3.8, 4) is 0 Å². The van der Waals surface area contributed by atoms with E-state index in [1.807, 2.05) is 0 Å². The summed E-state index contributed by atoms with van der Waals surface area (Å²) in [6.45, 7) is 0. The summed E-state index contributed by atoms with van der Waals surface area (Å²) in [6.07, 6.45) is -4.59. The lowest BCUT2D eigenvalue weighted by Gasteiger charge is -2.09. The molecule has 0 aliphatic heterocycles. The lowest BCUT2D eigenvalue weighted by atomic mass is 10.2. The number of pyridine rings is 1. The zero-order valence-electron chi connectivity index (χ0n) is 6.43. The Morgan fingerprint density at radius 2 is 2.00 bits per heavy atom. The third-order valence-electron chi connectivity index (χ3n) is 1.36. The van der Waals surface area contributed by atoms with Crippen molar-refractivity contribution in [2.24, 2.45) is 0 Å². The van der Waals surface area contributed by atoms with Crippen LogP contribution in [-0.2, 0) is 6.18 Å². The van der Waals surface area contributed by atoms with Crippen LogP contribution in [0.4, 0.5) is 13.2 Å². The number of halogens is 4. The maximum atomic E-state index is 12.1. The Morgan fingerprint density at radius 1 is 1.43 bits per heavy atom. The second kappa shape index (κ2) is 3.56. The quantitative estimate of drug-likeness (QED) is 0.720. The number of carbonyl (C=O) groups excluding carboxylic acids is 1. The van der Waals surface area contributed by atoms with E-state index < -0.39 is 28.0 Å². The van der Waals surface area contributed by atoms with Gasteiger partial charge in [-0.3, -0.25) is 0 Å². The fourth-order valence-corrected chi connectivity index (χ4v) is 1.23. The highest BCUT2D eigenvalue weighted by Crippen LogP contribution is 2.29. The first-order chi connectivity index (χ1) is 6.32. The van der Waals surface area contributed by atoms with Crippen LogP contribution in [0.3, 0.4) is 0 Å². The molecule has 1 aromatic heterocycles. The van der Waals surface area contributed by atoms with Gasteiger partial charge in [0.05, 0.1) is 5.97 Å². The lowest BCUT2D eigenvalue weighted by Crippen LogP contribution is -2.23. The van der Waals surface area contributed by atoms with Crippen molar-refractivity contribution in [1.29, 1.82) is 0 Å². The molecule has 14 heavy (non-hydrogen) atoms. The van der Waals surface area contributed by atoms with E-state index in [4.69, 9.17) is 0 Å². The molecule has 0 radical (unpaired) electrons. The Hall–Kier alpha value is -1.11. The predicted molar refractivity (Wildman–Crippen MR) is 41.3 cm³/mol. The minimum absolute atomic E-state index is 0.396. The van der Waals surface area contributed by atoms with Crippen molar-refractivity contribution in [2.75, 3.05) is 0 Å². The number of nitrogens with zero attached hydrogens (tertiary/aromatic N) is 1. The van der Waals surface area contributed by atoms with Gasteiger partial charge >= 0.3 is 6.18 Å². The zero-order chi connectivity index (χ0) is 10.9. The largest absolute Gasteiger partial charge is 0.545 e. The monoisotopic (exact) mass is 268 g/mol. The molecule has 1 rings (SSSR count). The summed E-state index contributed by atoms with van der Waals surface area (Å²) in [5.74, 6) is -1.59. The summed E-state index contributed by atoms with van der Waals surface area (Å²) in [5.41, 5.74) is -1.58. The molecule has 0 N–H and O–H groups in total. The fourth-order valence-electron chi connectivity index (χ4n) is 0.744. The van der Waals surface area contributed by atoms with Crippen LogP contribution in [0, 0.1) is 0 Å². The molecule has 76 valence electrons. The molecular formula is C7H2BrF3NO2-. The highest BCUT2D eigenvalue weighted by molar-refractivity contribution is 9.10. The molecule has 0 amide bonds. The number of alkyl halides is 3. The summed E-state index contributed by atoms with van der Waals surface area (Å²) < 4.78 is 35.8. The fraction of sp³-hybridized carbons (Fsp3) is 0.143. The van der Waals surface area contributed by atoms with Gasteiger partial charge in [0.15, 0.2) is 0 Å². The number of carboxylic acid groups (broad SMARTS) is 1. The van der Waals surface area contributed by atoms with Crippen molar-refractivity contribution in [3.05, 3.63) is 28.0 Å². The van der Waals surface area contributed by atoms with Gasteiger partial charge in [-0.15, -0.1) is 0 Å². The van der Waals surface area contributed by atoms with Crippen molar-refractivity contribution in [1.82, 2.24) is 4.98 Å². The van der Waals surface area contributed by atoms with Crippen LogP contribution >= 0.6 is 15.9 Å². The minimum Gasteiger partial charge on any atom is -0.545 e. The third kappa shape index (κ3) is 2.22. The van der Waals surface area contributed by atoms with Gasteiger partial charge in [0.1, 0.15) is 10.3 Å². The first-order valence-corrected chi connectivity index (χ1v) is 4.07. The number of aromatic carboxylic acids is 1. The van der Waals surface area contributed by atoms with Gasteiger partial charge < -0.3 is 9.90 Å². The number of aromatic nitrogens is 1. The van der Waals surface area contributed by atoms with Crippen LogP contribution in [0.5, 0.6) is 0 Å². The Labute approximate surface area is 84.7 Å². The van der Waals surface area contributed by atoms with Gasteiger partial charge in [0.2, 0.25) is 0 Å². The second-order valence-corrected chi connectivity index (χ2v) is 3.07. The standard InChI is InChI=1S/C7H3BrF3NO2/c8-5-3(6(13)14)1-2-4(12-5)7(9,10)11/h1-2H,(H,13,14)/p-1. The predicted octanol–water partition coefficient (Wildman–Crippen LogP) is 1.23. The van der Waals surface area contributed by atoms with Gasteiger partial charge in [-0.2, -0.15) is 13.2 Å². The Kier molecular flexibility index (Phi) is 2.79. The maximum absolute atomic E-state index is 12.1. The van der Waals surface area contributed by atoms with Crippen LogP contribution in [0.2, 0.25) is 0 Å². The van der Waals surface area contributed by atoms with Crippen molar-refractivity contribution >= 4 is 21.9 Å². The van der Waals surface area contributed by atoms with E-state index in [1.54, 1.807) is 0 Å². The molecule has 3 nitrogen and oxygen atoms in total. The normalized spacial score (nSPS) is 11.4. The topological polar surface area (TPSA) is 53.0 Å². The first-order valence-electron chi connectivity index (χ1n) is 3.27. The van der Waals surface area contributed by atoms with Crippen molar-refractivity contribution < 1.29 is 23.1 Å². The molecule has 1 aromatic rings. The SMILES string of the molecule is O=C([O-])c1ccc(C(F)(F)F)nc1Br. The van der Waals surface area contributed by atoms with Crippen molar-refractivity contribution in [2.45, 2.75) is 6.18 Å². The number of carbonyl (C=O) groups is 1. The Bertz CT molecular complexity index is 378. The molecule has 0 bridgehead atoms. The molecule has 0 spiro atoms. The maximum Gasteiger partial charge on any atom is 0.433 e. The minimum atomic E-state index is -4.59. The molecule has 0 aliphatic rings. The average molecular weight is 269 g/mol. The highest BCUT2D eigenvalue weighted by Gasteiger charge is 2.32. The van der Waals surface area contributed by atoms with E-state index in [0.29, 0.717) is 6.07 Å². The van der Waals surface area contributed by atoms with E-state index in [0.717, 1.165) is 6.07 Å². The molecule has 0 fully saturated rings. The molecule has 0 saturated heterocycles. The van der Waals surface area contributed by atoms with Gasteiger partial charge in [0, 0.05) is 5.56 Å². The van der Waals surface area contributed by atoms with Crippen LogP contribution in [0.1, 0.15) is 16.1 Å². The third-order valence-corrected chi connectivity index (χ3v) is 1.96. The molecule has 0 saturated carbocycles. The molecule has 1 heterocycles. The Morgan fingerprint density at radius 3 is 2.36 bits per heavy atom. The van der Waals surface area contributed by atoms with Crippen LogP contribution in [0.25, 0.3) is 0 Å². The Balaban J connectivity index is 3.20. The summed E-state index contributed by atoms with van der Waals surface area (Å²) >= 11 is 2.61. The summed E-state index contributed by atoms with van der Waals surface area (Å²) in [5, 5.41) is 10.3. The molecular weight excluding hydrogens is 267 g/mol. The first kappa shape index (κ1) is 11.0. The number of rotatable bonds is 1. The van der Waals surface area contributed by atoms with E-state index in [1.165, 1.54) is 0 Å². The van der Waals surface area contributed by atoms with Gasteiger partial charge in [-0.05, 0) is 28.1 Å². The summed E-state index contributed by atoms with van der Waals surface area (Å²) in [4.78, 5) is 13.4. The molecule has 0 unspecified atom stereocenters. The number of hydrogen-bond acceptors (Lipinski definition) is 3. The molecule has 7 heteroatoms. The van der Waals surface area contributed by atoms with Crippen LogP contribution in [0.15, 0.2) is 16.7 Å². The van der Waals surface area contributed by atoms with E-state index >= 15 is 0 Å². The van der Waals surface area contributed by atoms with Gasteiger partial charge in [0.25, 0.3) is 0 Å². The number of carboxylic acids is 1. The van der Waals surface area contributed by atoms with Crippen LogP contribution < -0.4 is 5.11 Å². The molecule has 0 aliphatic carbocycles.